The van der Waals surface area contributed by atoms with Crippen molar-refractivity contribution in [2.24, 2.45) is 0 Å². The van der Waals surface area contributed by atoms with Crippen molar-refractivity contribution in [3.63, 3.8) is 0 Å². The molecule has 0 spiro atoms. The number of rotatable bonds is 0. The van der Waals surface area contributed by atoms with Crippen molar-refractivity contribution in [3.8, 4) is 297 Å². The summed E-state index contributed by atoms with van der Waals surface area (Å²) >= 11 is 0. The third-order valence-corrected chi connectivity index (χ3v) is 3.14. The van der Waals surface area contributed by atoms with Crippen LogP contribution >= 0.6 is 0 Å². The molecule has 0 aromatic heterocycles. The lowest BCUT2D eigenvalue weighted by molar-refractivity contribution is -0.0696. The molecule has 0 fully saturated rings. The van der Waals surface area contributed by atoms with Gasteiger partial charge in [0.15, 0.2) is 0 Å². The SMILES string of the molecule is [2H]C#CC#CC#CC#CC#CC#CC#CC#CC#CC#CC#CC#CC#CC#CC#CC#CC#CC#CC#CC#CC#CC#CC#CC#CC#CC(F)(F)F. The van der Waals surface area contributed by atoms with Crippen molar-refractivity contribution < 1.29 is 14.5 Å². The van der Waals surface area contributed by atoms with E-state index in [9.17, 15) is 13.2 Å². The molecule has 0 N–H and O–H groups in total. The van der Waals surface area contributed by atoms with Crippen LogP contribution in [0.1, 0.15) is 1.37 Å². The van der Waals surface area contributed by atoms with Crippen LogP contribution in [-0.2, 0) is 0 Å². The van der Waals surface area contributed by atoms with Gasteiger partial charge in [0.2, 0.25) is 0 Å². The van der Waals surface area contributed by atoms with Crippen LogP contribution in [0.4, 0.5) is 13.2 Å². The van der Waals surface area contributed by atoms with Gasteiger partial charge in [0.25, 0.3) is 0 Å². The summed E-state index contributed by atoms with van der Waals surface area (Å²) in [4.78, 5) is 0. The normalized spacial score (nSPS) is 4.83. The quantitative estimate of drug-likeness (QED) is 0.341. The van der Waals surface area contributed by atoms with E-state index in [2.05, 4.69) is 272 Å². The summed E-state index contributed by atoms with van der Waals surface area (Å²) in [6.45, 7) is 0. The summed E-state index contributed by atoms with van der Waals surface area (Å²) in [6, 6.07) is 0. The second-order valence-corrected chi connectivity index (χ2v) is 6.62. The van der Waals surface area contributed by atoms with Gasteiger partial charge in [-0.1, -0.05) is 0 Å². The van der Waals surface area contributed by atoms with Gasteiger partial charge < -0.3 is 0 Å². The molecule has 54 heavy (non-hydrogen) atoms. The smallest absolute Gasteiger partial charge is 0.159 e. The van der Waals surface area contributed by atoms with E-state index in [1.807, 2.05) is 12.3 Å². The van der Waals surface area contributed by atoms with E-state index in [1.54, 1.807) is 5.92 Å². The number of alkyl halides is 3. The topological polar surface area (TPSA) is 0 Å². The van der Waals surface area contributed by atoms with E-state index in [1.165, 1.54) is 0 Å². The molecule has 0 saturated heterocycles. The summed E-state index contributed by atoms with van der Waals surface area (Å²) < 4.78 is 41.8. The summed E-state index contributed by atoms with van der Waals surface area (Å²) in [7, 11) is 0. The molecule has 0 unspecified atom stereocenters. The maximum atomic E-state index is 11.8. The Balaban J connectivity index is 4.58. The standard InChI is InChI=1S/C51HF3/c1-2-3-4-5-6-7-8-9-10-11-12-13-14-15-16-17-18-19-20-21-22-23-24-25-26-27-28-29-30-31-32-33-34-35-36-37-38-39-40-41-42-43-44-45-46-47-48-49-50-51(52,53)54/h1H/i1D. The molecule has 0 saturated carbocycles. The van der Waals surface area contributed by atoms with Crippen molar-refractivity contribution in [1.29, 1.82) is 0 Å². The third-order valence-electron chi connectivity index (χ3n) is 3.14. The van der Waals surface area contributed by atoms with Crippen LogP contribution in [0.3, 0.4) is 0 Å². The number of hydrogen-bond acceptors (Lipinski definition) is 0. The maximum Gasteiger partial charge on any atom is 0.458 e. The van der Waals surface area contributed by atoms with Gasteiger partial charge in [0, 0.05) is 195 Å². The minimum atomic E-state index is -4.60. The zero-order chi connectivity index (χ0) is 39.9. The van der Waals surface area contributed by atoms with Crippen LogP contribution in [0.25, 0.3) is 0 Å². The van der Waals surface area contributed by atoms with Crippen molar-refractivity contribution in [2.45, 2.75) is 6.18 Å². The van der Waals surface area contributed by atoms with E-state index < -0.39 is 6.18 Å². The Morgan fingerprint density at radius 2 is 0.352 bits per heavy atom. The molecule has 0 radical (unpaired) electrons. The minimum absolute atomic E-state index is 0.978. The molecule has 0 amide bonds. The van der Waals surface area contributed by atoms with Crippen LogP contribution < -0.4 is 0 Å². The van der Waals surface area contributed by atoms with Gasteiger partial charge in [-0.2, -0.15) is 13.2 Å². The first kappa shape index (κ1) is 40.8. The Bertz CT molecular complexity index is 3290. The first-order chi connectivity index (χ1) is 27.1. The monoisotopic (exact) mass is 671 g/mol. The largest absolute Gasteiger partial charge is 0.458 e. The van der Waals surface area contributed by atoms with E-state index in [0.29, 0.717) is 0 Å². The highest BCUT2D eigenvalue weighted by Crippen LogP contribution is 2.11. The van der Waals surface area contributed by atoms with Gasteiger partial charge in [-0.3, -0.25) is 0 Å². The van der Waals surface area contributed by atoms with Crippen molar-refractivity contribution in [3.05, 3.63) is 0 Å². The predicted octanol–water partition coefficient (Wildman–Crippen LogP) is 1.26. The van der Waals surface area contributed by atoms with E-state index in [0.717, 1.165) is 5.92 Å². The lowest BCUT2D eigenvalue weighted by Gasteiger charge is -1.88. The lowest BCUT2D eigenvalue weighted by atomic mass is 10.4. The molecule has 0 aliphatic carbocycles. The maximum absolute atomic E-state index is 11.8. The fourth-order valence-corrected chi connectivity index (χ4v) is 1.54. The second kappa shape index (κ2) is 36.3. The summed E-state index contributed by atoms with van der Waals surface area (Å²) in [5, 5.41) is 0. The van der Waals surface area contributed by atoms with Gasteiger partial charge in [-0.25, -0.2) is 0 Å². The van der Waals surface area contributed by atoms with Gasteiger partial charge in [-0.05, 0) is 94.7 Å². The number of terminal acetylenes is 1. The first-order valence-electron chi connectivity index (χ1n) is 13.6. The van der Waals surface area contributed by atoms with E-state index in [-0.39, 0.29) is 0 Å². The second-order valence-electron chi connectivity index (χ2n) is 6.62. The highest BCUT2D eigenvalue weighted by atomic mass is 19.4. The number of halogens is 3. The number of hydrogen-bond donors (Lipinski definition) is 0. The van der Waals surface area contributed by atoms with Gasteiger partial charge in [0.1, 0.15) is 1.37 Å². The highest BCUT2D eigenvalue weighted by Gasteiger charge is 2.22. The van der Waals surface area contributed by atoms with E-state index in [4.69, 9.17) is 1.37 Å². The Hall–Kier alpha value is -11.2. The van der Waals surface area contributed by atoms with Crippen LogP contribution in [0.15, 0.2) is 0 Å². The fourth-order valence-electron chi connectivity index (χ4n) is 1.54. The molecular weight excluding hydrogens is 670 g/mol. The Morgan fingerprint density at radius 3 is 0.481 bits per heavy atom. The highest BCUT2D eigenvalue weighted by molar-refractivity contribution is 5.51. The predicted molar refractivity (Wildman–Crippen MR) is 202 cm³/mol. The average Bonchev–Trinajstić information content (AvgIpc) is 3.17. The molecule has 0 aromatic rings. The van der Waals surface area contributed by atoms with Crippen LogP contribution in [0.5, 0.6) is 0 Å². The van der Waals surface area contributed by atoms with Crippen molar-refractivity contribution in [2.75, 3.05) is 0 Å². The molecule has 0 bridgehead atoms. The van der Waals surface area contributed by atoms with Crippen molar-refractivity contribution >= 4 is 0 Å². The molecule has 0 rings (SSSR count). The molecule has 3 heteroatoms. The molecular formula is C51HF3. The van der Waals surface area contributed by atoms with E-state index >= 15 is 0 Å². The van der Waals surface area contributed by atoms with Gasteiger partial charge in [0.05, 0.1) is 0 Å². The third kappa shape index (κ3) is 40.8. The van der Waals surface area contributed by atoms with Crippen LogP contribution in [0.2, 0.25) is 0 Å². The fraction of sp³-hybridized carbons (Fsp3) is 0.0196. The Labute approximate surface area is 316 Å². The first-order valence-corrected chi connectivity index (χ1v) is 13.1. The van der Waals surface area contributed by atoms with Gasteiger partial charge >= 0.3 is 6.18 Å². The summed E-state index contributed by atoms with van der Waals surface area (Å²) in [5.41, 5.74) is 0. The summed E-state index contributed by atoms with van der Waals surface area (Å²) in [6.07, 6.45) is -2.73. The minimum Gasteiger partial charge on any atom is -0.159 e. The zero-order valence-electron chi connectivity index (χ0n) is 27.6. The lowest BCUT2D eigenvalue weighted by Crippen LogP contribution is -2.00. The molecule has 0 aliphatic rings. The zero-order valence-corrected chi connectivity index (χ0v) is 26.6. The molecule has 0 nitrogen and oxygen atoms in total. The Morgan fingerprint density at radius 1 is 0.222 bits per heavy atom. The molecule has 226 valence electrons. The van der Waals surface area contributed by atoms with Gasteiger partial charge in [-0.15, -0.1) is 6.40 Å². The summed E-state index contributed by atoms with van der Waals surface area (Å²) in [5.74, 6) is 116. The van der Waals surface area contributed by atoms with Crippen LogP contribution in [-0.4, -0.2) is 6.18 Å². The molecule has 0 aliphatic heterocycles. The molecule has 0 aromatic carbocycles. The Kier molecular flexibility index (Phi) is 27.4. The van der Waals surface area contributed by atoms with Crippen LogP contribution in [0, 0.1) is 297 Å². The molecule has 0 atom stereocenters. The van der Waals surface area contributed by atoms with Crippen molar-refractivity contribution in [1.82, 2.24) is 0 Å². The average molecular weight is 672 g/mol. The molecule has 0 heterocycles.